The van der Waals surface area contributed by atoms with E-state index in [0.717, 1.165) is 18.4 Å². The van der Waals surface area contributed by atoms with Gasteiger partial charge in [0.25, 0.3) is 5.91 Å². The first-order valence-electron chi connectivity index (χ1n) is 10.8. The predicted molar refractivity (Wildman–Crippen MR) is 121 cm³/mol. The van der Waals surface area contributed by atoms with Gasteiger partial charge in [-0.15, -0.1) is 0 Å². The lowest BCUT2D eigenvalue weighted by atomic mass is 9.76. The molecule has 2 amide bonds. The molecule has 16 heteroatoms. The molecule has 0 aliphatic carbocycles. The zero-order chi connectivity index (χ0) is 29.6. The van der Waals surface area contributed by atoms with Crippen molar-refractivity contribution in [1.29, 1.82) is 0 Å². The molecule has 0 radical (unpaired) electrons. The van der Waals surface area contributed by atoms with Gasteiger partial charge >= 0.3 is 24.4 Å². The van der Waals surface area contributed by atoms with Crippen molar-refractivity contribution in [3.05, 3.63) is 59.2 Å². The summed E-state index contributed by atoms with van der Waals surface area (Å²) in [6.45, 7) is -0.349. The first-order valence-corrected chi connectivity index (χ1v) is 12.7. The van der Waals surface area contributed by atoms with E-state index in [-0.39, 0.29) is 28.3 Å². The van der Waals surface area contributed by atoms with Gasteiger partial charge in [0.2, 0.25) is 0 Å². The fourth-order valence-electron chi connectivity index (χ4n) is 4.25. The molecule has 1 aliphatic heterocycles. The lowest BCUT2D eigenvalue weighted by molar-refractivity contribution is -0.304. The number of alkyl halides is 6. The second kappa shape index (κ2) is 10.1. The fraction of sp³-hybridized carbons (Fsp3) is 0.348. The number of fused-ring (bicyclic) bond motifs is 1. The molecule has 1 aliphatic rings. The van der Waals surface area contributed by atoms with Gasteiger partial charge in [-0.2, -0.15) is 26.3 Å². The van der Waals surface area contributed by atoms with E-state index >= 15 is 0 Å². The lowest BCUT2D eigenvalue weighted by Crippen LogP contribution is -2.55. The summed E-state index contributed by atoms with van der Waals surface area (Å²) in [5.41, 5.74) is -5.84. The van der Waals surface area contributed by atoms with E-state index in [1.807, 2.05) is 0 Å². The molecular formula is C23H20F6N2O7S. The number of benzene rings is 2. The quantitative estimate of drug-likeness (QED) is 0.386. The van der Waals surface area contributed by atoms with Crippen LogP contribution in [0.1, 0.15) is 29.2 Å². The van der Waals surface area contributed by atoms with Crippen LogP contribution in [0.15, 0.2) is 47.4 Å². The number of esters is 1. The summed E-state index contributed by atoms with van der Waals surface area (Å²) in [6, 6.07) is 4.49. The summed E-state index contributed by atoms with van der Waals surface area (Å²) in [4.78, 5) is 36.9. The Balaban J connectivity index is 1.97. The van der Waals surface area contributed by atoms with E-state index in [0.29, 0.717) is 24.1 Å². The Bertz CT molecular complexity index is 1390. The van der Waals surface area contributed by atoms with Crippen LogP contribution in [0.4, 0.5) is 36.8 Å². The van der Waals surface area contributed by atoms with Crippen molar-refractivity contribution in [3.63, 3.8) is 0 Å². The van der Waals surface area contributed by atoms with E-state index in [2.05, 4.69) is 10.1 Å². The molecule has 0 fully saturated rings. The van der Waals surface area contributed by atoms with E-state index < -0.39 is 63.6 Å². The second-order valence-corrected chi connectivity index (χ2v) is 10.7. The van der Waals surface area contributed by atoms with Gasteiger partial charge in [0.05, 0.1) is 25.0 Å². The SMILES string of the molecule is COC(=O)CC(c1ccc(NC(=O)C2c3ccc(S(C)(=O)=O)cc3CN2C(=O)O)cc1)(C(F)(F)F)C(F)(F)F. The number of carbonyl (C=O) groups is 3. The fourth-order valence-corrected chi connectivity index (χ4v) is 4.92. The minimum atomic E-state index is -5.95. The molecule has 0 saturated carbocycles. The van der Waals surface area contributed by atoms with Crippen molar-refractivity contribution in [2.75, 3.05) is 18.7 Å². The Morgan fingerprint density at radius 2 is 1.59 bits per heavy atom. The number of rotatable bonds is 6. The number of sulfone groups is 1. The van der Waals surface area contributed by atoms with Gasteiger partial charge < -0.3 is 15.2 Å². The average Bonchev–Trinajstić information content (AvgIpc) is 3.20. The molecule has 212 valence electrons. The zero-order valence-corrected chi connectivity index (χ0v) is 20.9. The largest absolute Gasteiger partial charge is 0.469 e. The molecule has 1 unspecified atom stereocenters. The highest BCUT2D eigenvalue weighted by Gasteiger charge is 2.72. The minimum absolute atomic E-state index is 0.118. The van der Waals surface area contributed by atoms with Crippen molar-refractivity contribution in [2.45, 2.75) is 41.7 Å². The number of anilines is 1. The smallest absolute Gasteiger partial charge is 0.408 e. The highest BCUT2D eigenvalue weighted by atomic mass is 32.2. The number of hydrogen-bond donors (Lipinski definition) is 2. The number of carboxylic acid groups (broad SMARTS) is 1. The molecule has 9 nitrogen and oxygen atoms in total. The number of nitrogens with one attached hydrogen (secondary N) is 1. The molecule has 0 aromatic heterocycles. The number of carbonyl (C=O) groups excluding carboxylic acids is 2. The molecular weight excluding hydrogens is 562 g/mol. The van der Waals surface area contributed by atoms with Gasteiger partial charge in [-0.25, -0.2) is 13.2 Å². The van der Waals surface area contributed by atoms with Crippen LogP contribution >= 0.6 is 0 Å². The van der Waals surface area contributed by atoms with Crippen molar-refractivity contribution in [1.82, 2.24) is 4.90 Å². The van der Waals surface area contributed by atoms with Crippen LogP contribution in [0.25, 0.3) is 0 Å². The van der Waals surface area contributed by atoms with E-state index in [9.17, 15) is 54.3 Å². The summed E-state index contributed by atoms with van der Waals surface area (Å²) < 4.78 is 111. The molecule has 1 heterocycles. The zero-order valence-electron chi connectivity index (χ0n) is 20.1. The highest BCUT2D eigenvalue weighted by molar-refractivity contribution is 7.90. The number of amides is 2. The summed E-state index contributed by atoms with van der Waals surface area (Å²) >= 11 is 0. The summed E-state index contributed by atoms with van der Waals surface area (Å²) in [5, 5.41) is 11.8. The molecule has 39 heavy (non-hydrogen) atoms. The third-order valence-corrected chi connectivity index (χ3v) is 7.34. The lowest BCUT2D eigenvalue weighted by Gasteiger charge is -2.37. The molecule has 0 spiro atoms. The molecule has 2 N–H and O–H groups in total. The molecule has 1 atom stereocenters. The van der Waals surface area contributed by atoms with Crippen molar-refractivity contribution in [2.24, 2.45) is 0 Å². The Morgan fingerprint density at radius 3 is 2.05 bits per heavy atom. The monoisotopic (exact) mass is 582 g/mol. The summed E-state index contributed by atoms with van der Waals surface area (Å²) in [7, 11) is -3.01. The summed E-state index contributed by atoms with van der Waals surface area (Å²) in [6.07, 6.45) is -14.6. The van der Waals surface area contributed by atoms with Crippen LogP contribution in [0, 0.1) is 0 Å². The van der Waals surface area contributed by atoms with Crippen molar-refractivity contribution >= 4 is 33.5 Å². The van der Waals surface area contributed by atoms with Crippen LogP contribution in [-0.2, 0) is 36.1 Å². The topological polar surface area (TPSA) is 130 Å². The first kappa shape index (κ1) is 29.7. The number of methoxy groups -OCH3 is 1. The Hall–Kier alpha value is -3.82. The van der Waals surface area contributed by atoms with Gasteiger partial charge in [-0.05, 0) is 41.0 Å². The van der Waals surface area contributed by atoms with Gasteiger partial charge in [-0.1, -0.05) is 18.2 Å². The number of halogens is 6. The maximum Gasteiger partial charge on any atom is 0.408 e. The van der Waals surface area contributed by atoms with E-state index in [1.165, 1.54) is 18.2 Å². The first-order chi connectivity index (χ1) is 17.8. The van der Waals surface area contributed by atoms with Crippen LogP contribution < -0.4 is 5.32 Å². The van der Waals surface area contributed by atoms with Gasteiger partial charge in [0.15, 0.2) is 15.3 Å². The summed E-state index contributed by atoms with van der Waals surface area (Å²) in [5.74, 6) is -2.75. The highest BCUT2D eigenvalue weighted by Crippen LogP contribution is 2.54. The van der Waals surface area contributed by atoms with Gasteiger partial charge in [0.1, 0.15) is 6.04 Å². The Kier molecular flexibility index (Phi) is 7.66. The molecule has 0 bridgehead atoms. The van der Waals surface area contributed by atoms with E-state index in [1.54, 1.807) is 0 Å². The molecule has 2 aromatic carbocycles. The number of hydrogen-bond acceptors (Lipinski definition) is 6. The maximum absolute atomic E-state index is 13.8. The number of ether oxygens (including phenoxy) is 1. The van der Waals surface area contributed by atoms with Crippen LogP contribution in [0.3, 0.4) is 0 Å². The second-order valence-electron chi connectivity index (χ2n) is 8.67. The maximum atomic E-state index is 13.8. The molecule has 2 aromatic rings. The average molecular weight is 582 g/mol. The normalized spacial score (nSPS) is 16.0. The standard InChI is InChI=1S/C23H20F6N2O7S/c1-38-17(32)10-21(22(24,25)26,23(27,28)29)13-3-5-14(6-4-13)30-19(33)18-16-8-7-15(39(2,36)37)9-12(16)11-31(18)20(34)35/h3-9,18H,10-11H2,1-2H3,(H,30,33)(H,34,35). The van der Waals surface area contributed by atoms with Crippen LogP contribution in [0.2, 0.25) is 0 Å². The molecule has 0 saturated heterocycles. The Labute approximate surface area is 217 Å². The number of nitrogens with zero attached hydrogens (tertiary/aromatic N) is 1. The van der Waals surface area contributed by atoms with Gasteiger partial charge in [0, 0.05) is 11.9 Å². The van der Waals surface area contributed by atoms with Crippen LogP contribution in [-0.4, -0.2) is 62.1 Å². The van der Waals surface area contributed by atoms with Crippen molar-refractivity contribution in [3.8, 4) is 0 Å². The van der Waals surface area contributed by atoms with E-state index in [4.69, 9.17) is 0 Å². The molecule has 3 rings (SSSR count). The third-order valence-electron chi connectivity index (χ3n) is 6.23. The van der Waals surface area contributed by atoms with Crippen LogP contribution in [0.5, 0.6) is 0 Å². The van der Waals surface area contributed by atoms with Gasteiger partial charge in [-0.3, -0.25) is 14.5 Å². The third kappa shape index (κ3) is 5.51. The van der Waals surface area contributed by atoms with Crippen molar-refractivity contribution < 1.29 is 59.0 Å². The predicted octanol–water partition coefficient (Wildman–Crippen LogP) is 4.19. The Morgan fingerprint density at radius 1 is 1.03 bits per heavy atom. The minimum Gasteiger partial charge on any atom is -0.469 e.